The van der Waals surface area contributed by atoms with Crippen molar-refractivity contribution < 1.29 is 31.9 Å². The fraction of sp³-hybridized carbons (Fsp3) is 0.188. The molecule has 2 aliphatic heterocycles. The highest BCUT2D eigenvalue weighted by atomic mass is 35.5. The van der Waals surface area contributed by atoms with Crippen LogP contribution in [0.2, 0.25) is 10.0 Å². The first-order valence-electron chi connectivity index (χ1n) is 14.6. The molecule has 2 unspecified atom stereocenters. The van der Waals surface area contributed by atoms with Crippen LogP contribution in [0.5, 0.6) is 0 Å². The number of rotatable bonds is 6. The van der Waals surface area contributed by atoms with E-state index in [2.05, 4.69) is 10.9 Å². The van der Waals surface area contributed by atoms with Crippen LogP contribution in [-0.2, 0) is 32.9 Å². The van der Waals surface area contributed by atoms with E-state index < -0.39 is 31.9 Å². The molecule has 2 amide bonds. The molecule has 0 aliphatic carbocycles. The molecular weight excluding hydrogens is 715 g/mol. The number of nitrogens with one attached hydrogen (secondary N) is 2. The number of halogens is 2. The first kappa shape index (κ1) is 37.6. The Kier molecular flexibility index (Phi) is 11.3. The fourth-order valence-corrected chi connectivity index (χ4v) is 7.69. The molecule has 0 saturated heterocycles. The van der Waals surface area contributed by atoms with Crippen LogP contribution in [0.1, 0.15) is 45.7 Å². The molecule has 4 aromatic rings. The lowest BCUT2D eigenvalue weighted by Gasteiger charge is -2.25. The first-order valence-corrected chi connectivity index (χ1v) is 18.4. The molecule has 2 heterocycles. The maximum atomic E-state index is 12.5. The van der Waals surface area contributed by atoms with Gasteiger partial charge in [-0.2, -0.15) is 0 Å². The molecule has 0 spiro atoms. The average Bonchev–Trinajstić information content (AvgIpc) is 3.51. The van der Waals surface area contributed by atoms with Gasteiger partial charge in [-0.05, 0) is 86.3 Å². The van der Waals surface area contributed by atoms with Crippen molar-refractivity contribution in [1.82, 2.24) is 10.9 Å². The summed E-state index contributed by atoms with van der Waals surface area (Å²) in [6.07, 6.45) is 1.64. The summed E-state index contributed by atoms with van der Waals surface area (Å²) in [4.78, 5) is 24.5. The Morgan fingerprint density at radius 3 is 1.35 bits per heavy atom. The summed E-state index contributed by atoms with van der Waals surface area (Å²) in [6.45, 7) is 4.00. The van der Waals surface area contributed by atoms with Gasteiger partial charge < -0.3 is 5.48 Å². The molecule has 4 aromatic carbocycles. The first-order chi connectivity index (χ1) is 22.5. The van der Waals surface area contributed by atoms with Crippen LogP contribution >= 0.6 is 23.2 Å². The van der Waals surface area contributed by atoms with Crippen molar-refractivity contribution in [2.24, 2.45) is 10.3 Å². The number of carbonyl (C=O) groups excluding carboxylic acids is 2. The van der Waals surface area contributed by atoms with Crippen LogP contribution in [0.15, 0.2) is 94.7 Å². The standard InChI is InChI=1S/2C16H16ClN3O3S.H2O/c2*1-10-8-11-4-2-3-5-14(11)20(10)19-16(21)12-6-7-13(17)15(9-12)24(18,22)23;/h2*2-7,9-10H,8H2,1H3,(H,19,21)(H2,18,22,23);1H2. The number of amides is 2. The lowest BCUT2D eigenvalue weighted by molar-refractivity contribution is 0.0938. The predicted molar refractivity (Wildman–Crippen MR) is 188 cm³/mol. The highest BCUT2D eigenvalue weighted by Crippen LogP contribution is 2.32. The van der Waals surface area contributed by atoms with Crippen LogP contribution in [-0.4, -0.2) is 46.2 Å². The SMILES string of the molecule is CC1Cc2ccccc2N1NC(=O)c1ccc(Cl)c(S(N)(=O)=O)c1.CC1Cc2ccccc2N1NC(=O)c1ccc(Cl)c(S(N)(=O)=O)c1.O. The molecule has 2 atom stereocenters. The van der Waals surface area contributed by atoms with E-state index in [-0.39, 0.29) is 48.5 Å². The van der Waals surface area contributed by atoms with Gasteiger partial charge in [0.15, 0.2) is 0 Å². The molecule has 0 saturated carbocycles. The second kappa shape index (κ2) is 14.7. The molecule has 0 fully saturated rings. The van der Waals surface area contributed by atoms with Crippen molar-refractivity contribution in [3.63, 3.8) is 0 Å². The van der Waals surface area contributed by atoms with Crippen LogP contribution in [0.4, 0.5) is 11.4 Å². The highest BCUT2D eigenvalue weighted by Gasteiger charge is 2.29. The lowest BCUT2D eigenvalue weighted by Crippen LogP contribution is -2.45. The van der Waals surface area contributed by atoms with E-state index in [1.54, 1.807) is 10.0 Å². The van der Waals surface area contributed by atoms with Crippen molar-refractivity contribution in [3.8, 4) is 0 Å². The largest absolute Gasteiger partial charge is 0.412 e. The number of fused-ring (bicyclic) bond motifs is 2. The number of hydrazine groups is 2. The quantitative estimate of drug-likeness (QED) is 0.229. The number of carbonyl (C=O) groups is 2. The van der Waals surface area contributed by atoms with E-state index >= 15 is 0 Å². The van der Waals surface area contributed by atoms with Gasteiger partial charge in [0.2, 0.25) is 20.0 Å². The summed E-state index contributed by atoms with van der Waals surface area (Å²) in [5.41, 5.74) is 10.1. The third-order valence-corrected chi connectivity index (χ3v) is 10.6. The van der Waals surface area contributed by atoms with Crippen LogP contribution < -0.4 is 31.1 Å². The van der Waals surface area contributed by atoms with Gasteiger partial charge in [0, 0.05) is 11.1 Å². The molecule has 6 rings (SSSR count). The molecule has 0 bridgehead atoms. The van der Waals surface area contributed by atoms with Gasteiger partial charge in [0.25, 0.3) is 11.8 Å². The number of hydrogen-bond acceptors (Lipinski definition) is 8. The summed E-state index contributed by atoms with van der Waals surface area (Å²) >= 11 is 11.7. The molecule has 2 aliphatic rings. The monoisotopic (exact) mass is 748 g/mol. The van der Waals surface area contributed by atoms with E-state index in [4.69, 9.17) is 33.5 Å². The predicted octanol–water partition coefficient (Wildman–Crippen LogP) is 3.34. The minimum Gasteiger partial charge on any atom is -0.412 e. The van der Waals surface area contributed by atoms with Crippen molar-refractivity contribution >= 4 is 66.4 Å². The molecule has 260 valence electrons. The third-order valence-electron chi connectivity index (χ3n) is 7.86. The number of para-hydroxylation sites is 2. The van der Waals surface area contributed by atoms with Crippen molar-refractivity contribution in [2.75, 3.05) is 10.0 Å². The number of nitrogens with two attached hydrogens (primary N) is 2. The molecule has 13 nitrogen and oxygen atoms in total. The number of anilines is 2. The van der Waals surface area contributed by atoms with Gasteiger partial charge in [-0.1, -0.05) is 59.6 Å². The molecule has 0 radical (unpaired) electrons. The van der Waals surface area contributed by atoms with Gasteiger partial charge in [-0.3, -0.25) is 30.5 Å². The lowest BCUT2D eigenvalue weighted by atomic mass is 10.1. The van der Waals surface area contributed by atoms with Gasteiger partial charge in [0.05, 0.1) is 33.5 Å². The van der Waals surface area contributed by atoms with Gasteiger partial charge in [0.1, 0.15) is 9.79 Å². The summed E-state index contributed by atoms with van der Waals surface area (Å²) in [5, 5.41) is 13.8. The minimum atomic E-state index is -4.00. The number of sulfonamides is 2. The van der Waals surface area contributed by atoms with E-state index in [9.17, 15) is 26.4 Å². The Labute approximate surface area is 294 Å². The Bertz CT molecular complexity index is 1980. The zero-order valence-corrected chi connectivity index (χ0v) is 29.4. The van der Waals surface area contributed by atoms with Crippen molar-refractivity contribution in [2.45, 2.75) is 48.6 Å². The maximum Gasteiger partial charge on any atom is 0.269 e. The minimum absolute atomic E-state index is 0. The Hall–Kier alpha value is -4.22. The van der Waals surface area contributed by atoms with Crippen LogP contribution in [0.3, 0.4) is 0 Å². The smallest absolute Gasteiger partial charge is 0.269 e. The van der Waals surface area contributed by atoms with Crippen molar-refractivity contribution in [1.29, 1.82) is 0 Å². The van der Waals surface area contributed by atoms with Crippen molar-refractivity contribution in [3.05, 3.63) is 117 Å². The van der Waals surface area contributed by atoms with E-state index in [1.165, 1.54) is 36.4 Å². The second-order valence-corrected chi connectivity index (χ2v) is 15.2. The summed E-state index contributed by atoms with van der Waals surface area (Å²) in [5.74, 6) is -0.861. The normalized spacial score (nSPS) is 16.4. The topological polar surface area (TPSA) is 216 Å². The number of nitrogens with zero attached hydrogens (tertiary/aromatic N) is 2. The Morgan fingerprint density at radius 2 is 1.00 bits per heavy atom. The molecule has 0 aromatic heterocycles. The van der Waals surface area contributed by atoms with E-state index in [1.807, 2.05) is 62.4 Å². The van der Waals surface area contributed by atoms with E-state index in [0.29, 0.717) is 0 Å². The number of primary sulfonamides is 2. The van der Waals surface area contributed by atoms with Gasteiger partial charge >= 0.3 is 0 Å². The summed E-state index contributed by atoms with van der Waals surface area (Å²) in [7, 11) is -8.00. The molecular formula is C32H34Cl2N6O7S2. The van der Waals surface area contributed by atoms with Crippen LogP contribution in [0.25, 0.3) is 0 Å². The zero-order chi connectivity index (χ0) is 35.0. The van der Waals surface area contributed by atoms with Crippen LogP contribution in [0, 0.1) is 0 Å². The summed E-state index contributed by atoms with van der Waals surface area (Å²) < 4.78 is 46.2. The number of hydrogen-bond donors (Lipinski definition) is 4. The summed E-state index contributed by atoms with van der Waals surface area (Å²) in [6, 6.07) is 23.7. The average molecular weight is 750 g/mol. The highest BCUT2D eigenvalue weighted by molar-refractivity contribution is 7.89. The molecule has 17 heteroatoms. The van der Waals surface area contributed by atoms with Gasteiger partial charge in [-0.15, -0.1) is 0 Å². The molecule has 49 heavy (non-hydrogen) atoms. The molecule has 8 N–H and O–H groups in total. The fourth-order valence-electron chi connectivity index (χ4n) is 5.54. The van der Waals surface area contributed by atoms with E-state index in [0.717, 1.165) is 35.3 Å². The Balaban J connectivity index is 0.000000216. The zero-order valence-electron chi connectivity index (χ0n) is 26.2. The second-order valence-electron chi connectivity index (χ2n) is 11.4. The maximum absolute atomic E-state index is 12.5. The third kappa shape index (κ3) is 8.33. The van der Waals surface area contributed by atoms with Gasteiger partial charge in [-0.25, -0.2) is 27.1 Å². The Morgan fingerprint density at radius 1 is 0.653 bits per heavy atom. The number of benzene rings is 4.